The van der Waals surface area contributed by atoms with E-state index in [4.69, 9.17) is 27.9 Å². The zero-order valence-electron chi connectivity index (χ0n) is 14.6. The third kappa shape index (κ3) is 7.09. The number of nitrogens with zero attached hydrogens (tertiary/aromatic N) is 1. The lowest BCUT2D eigenvalue weighted by atomic mass is 10.2. The van der Waals surface area contributed by atoms with Gasteiger partial charge in [-0.2, -0.15) is 5.10 Å². The lowest BCUT2D eigenvalue weighted by Crippen LogP contribution is -2.26. The molecule has 0 aliphatic heterocycles. The summed E-state index contributed by atoms with van der Waals surface area (Å²) in [5.41, 5.74) is 3.16. The Bertz CT molecular complexity index is 923. The van der Waals surface area contributed by atoms with Gasteiger partial charge in [-0.15, -0.1) is 0 Å². The zero-order chi connectivity index (χ0) is 20.7. The molecule has 148 valence electrons. The normalized spacial score (nSPS) is 11.1. The summed E-state index contributed by atoms with van der Waals surface area (Å²) in [6.45, 7) is 1.40. The molecule has 0 atom stereocenters. The van der Waals surface area contributed by atoms with Gasteiger partial charge in [0.25, 0.3) is 5.91 Å². The number of carbonyl (C=O) groups is 2. The largest absolute Gasteiger partial charge is 0.483 e. The van der Waals surface area contributed by atoms with Gasteiger partial charge in [0.05, 0.1) is 26.6 Å². The number of hydrazone groups is 1. The highest BCUT2D eigenvalue weighted by Gasteiger charge is 2.10. The number of ether oxygens (including phenoxy) is 1. The van der Waals surface area contributed by atoms with E-state index >= 15 is 0 Å². The standard InChI is InChI=1S/C18H15Br2Cl2N3O3/c1-10(7-16(26)23-14-4-2-3-13(21)18(14)22)24-25-17(27)9-28-15-6-5-11(19)8-12(15)20/h2-6,8H,7,9H2,1H3,(H,23,26)(H,25,27). The summed E-state index contributed by atoms with van der Waals surface area (Å²) in [7, 11) is 0. The van der Waals surface area contributed by atoms with E-state index in [1.54, 1.807) is 43.3 Å². The Labute approximate surface area is 188 Å². The van der Waals surface area contributed by atoms with Crippen molar-refractivity contribution in [1.29, 1.82) is 0 Å². The summed E-state index contributed by atoms with van der Waals surface area (Å²) in [6, 6.07) is 10.3. The molecular weight excluding hydrogens is 537 g/mol. The van der Waals surface area contributed by atoms with Gasteiger partial charge in [0.1, 0.15) is 5.75 Å². The molecule has 2 aromatic rings. The molecule has 0 bridgehead atoms. The predicted molar refractivity (Wildman–Crippen MR) is 118 cm³/mol. The number of halogens is 4. The summed E-state index contributed by atoms with van der Waals surface area (Å²) in [5.74, 6) is -0.265. The van der Waals surface area contributed by atoms with Crippen molar-refractivity contribution in [2.45, 2.75) is 13.3 Å². The average molecular weight is 552 g/mol. The second-order valence-corrected chi connectivity index (χ2v) is 8.13. The van der Waals surface area contributed by atoms with E-state index in [1.807, 2.05) is 0 Å². The molecule has 0 saturated heterocycles. The number of nitrogens with one attached hydrogen (secondary N) is 2. The molecule has 0 aromatic heterocycles. The molecule has 0 radical (unpaired) electrons. The van der Waals surface area contributed by atoms with Gasteiger partial charge in [-0.05, 0) is 53.2 Å². The molecule has 2 aromatic carbocycles. The first kappa shape index (κ1) is 22.7. The topological polar surface area (TPSA) is 79.8 Å². The van der Waals surface area contributed by atoms with Crippen LogP contribution in [0, 0.1) is 0 Å². The summed E-state index contributed by atoms with van der Waals surface area (Å²) in [6.07, 6.45) is -0.0256. The molecule has 2 rings (SSSR count). The van der Waals surface area contributed by atoms with Crippen LogP contribution in [0.5, 0.6) is 5.75 Å². The Morgan fingerprint density at radius 1 is 1.14 bits per heavy atom. The van der Waals surface area contributed by atoms with Crippen LogP contribution < -0.4 is 15.5 Å². The van der Waals surface area contributed by atoms with E-state index < -0.39 is 5.91 Å². The van der Waals surface area contributed by atoms with Crippen molar-refractivity contribution in [3.8, 4) is 5.75 Å². The number of anilines is 1. The van der Waals surface area contributed by atoms with E-state index in [-0.39, 0.29) is 24.0 Å². The highest BCUT2D eigenvalue weighted by molar-refractivity contribution is 9.11. The van der Waals surface area contributed by atoms with Gasteiger partial charge in [-0.3, -0.25) is 9.59 Å². The van der Waals surface area contributed by atoms with Crippen LogP contribution in [-0.4, -0.2) is 24.1 Å². The van der Waals surface area contributed by atoms with Crippen molar-refractivity contribution in [3.63, 3.8) is 0 Å². The third-order valence-corrected chi connectivity index (χ3v) is 5.20. The van der Waals surface area contributed by atoms with Crippen LogP contribution in [0.2, 0.25) is 10.0 Å². The highest BCUT2D eigenvalue weighted by atomic mass is 79.9. The molecule has 0 heterocycles. The van der Waals surface area contributed by atoms with E-state index in [9.17, 15) is 9.59 Å². The number of hydrogen-bond donors (Lipinski definition) is 2. The average Bonchev–Trinajstić information content (AvgIpc) is 2.63. The molecule has 2 amide bonds. The zero-order valence-corrected chi connectivity index (χ0v) is 19.2. The Hall–Kier alpha value is -1.61. The first-order valence-corrected chi connectivity index (χ1v) is 10.2. The van der Waals surface area contributed by atoms with Crippen molar-refractivity contribution in [2.75, 3.05) is 11.9 Å². The van der Waals surface area contributed by atoms with Crippen LogP contribution in [0.4, 0.5) is 5.69 Å². The molecule has 28 heavy (non-hydrogen) atoms. The number of amides is 2. The molecule has 2 N–H and O–H groups in total. The summed E-state index contributed by atoms with van der Waals surface area (Å²) in [5, 5.41) is 7.14. The summed E-state index contributed by atoms with van der Waals surface area (Å²) < 4.78 is 7.01. The highest BCUT2D eigenvalue weighted by Crippen LogP contribution is 2.29. The van der Waals surface area contributed by atoms with Crippen molar-refractivity contribution >= 4 is 78.3 Å². The Morgan fingerprint density at radius 3 is 2.61 bits per heavy atom. The Kier molecular flexibility index (Phi) is 8.75. The molecule has 0 aliphatic rings. The maximum Gasteiger partial charge on any atom is 0.277 e. The van der Waals surface area contributed by atoms with Gasteiger partial charge in [0, 0.05) is 10.2 Å². The van der Waals surface area contributed by atoms with Gasteiger partial charge in [0.2, 0.25) is 5.91 Å². The fraction of sp³-hybridized carbons (Fsp3) is 0.167. The van der Waals surface area contributed by atoms with E-state index in [2.05, 4.69) is 47.7 Å². The van der Waals surface area contributed by atoms with Crippen molar-refractivity contribution in [2.24, 2.45) is 5.10 Å². The Balaban J connectivity index is 1.81. The minimum Gasteiger partial charge on any atom is -0.483 e. The SMILES string of the molecule is CC(CC(=O)Nc1cccc(Cl)c1Cl)=NNC(=O)COc1ccc(Br)cc1Br. The first-order chi connectivity index (χ1) is 13.3. The fourth-order valence-corrected chi connectivity index (χ4v) is 3.50. The maximum absolute atomic E-state index is 12.1. The molecule has 0 spiro atoms. The van der Waals surface area contributed by atoms with Crippen molar-refractivity contribution < 1.29 is 14.3 Å². The van der Waals surface area contributed by atoms with Crippen LogP contribution >= 0.6 is 55.1 Å². The molecule has 0 fully saturated rings. The lowest BCUT2D eigenvalue weighted by molar-refractivity contribution is -0.123. The third-order valence-electron chi connectivity index (χ3n) is 3.27. The van der Waals surface area contributed by atoms with Crippen LogP contribution in [0.15, 0.2) is 50.4 Å². The molecular formula is C18H15Br2Cl2N3O3. The molecule has 0 aliphatic carbocycles. The number of hydrogen-bond acceptors (Lipinski definition) is 4. The molecule has 0 unspecified atom stereocenters. The minimum absolute atomic E-state index is 0.0256. The smallest absolute Gasteiger partial charge is 0.277 e. The fourth-order valence-electron chi connectivity index (χ4n) is 1.99. The minimum atomic E-state index is -0.451. The van der Waals surface area contributed by atoms with Crippen LogP contribution in [0.3, 0.4) is 0 Å². The number of benzene rings is 2. The Morgan fingerprint density at radius 2 is 1.89 bits per heavy atom. The maximum atomic E-state index is 12.1. The van der Waals surface area contributed by atoms with E-state index in [0.717, 1.165) is 4.47 Å². The monoisotopic (exact) mass is 549 g/mol. The quantitative estimate of drug-likeness (QED) is 0.356. The summed E-state index contributed by atoms with van der Waals surface area (Å²) in [4.78, 5) is 23.9. The van der Waals surface area contributed by atoms with Crippen molar-refractivity contribution in [1.82, 2.24) is 5.43 Å². The number of rotatable bonds is 7. The van der Waals surface area contributed by atoms with Crippen molar-refractivity contribution in [3.05, 3.63) is 55.4 Å². The second kappa shape index (κ2) is 10.8. The van der Waals surface area contributed by atoms with Gasteiger partial charge in [0.15, 0.2) is 6.61 Å². The summed E-state index contributed by atoms with van der Waals surface area (Å²) >= 11 is 18.6. The van der Waals surface area contributed by atoms with Gasteiger partial charge < -0.3 is 10.1 Å². The van der Waals surface area contributed by atoms with E-state index in [1.165, 1.54) is 0 Å². The van der Waals surface area contributed by atoms with Crippen LogP contribution in [0.1, 0.15) is 13.3 Å². The first-order valence-electron chi connectivity index (χ1n) is 7.90. The number of carbonyl (C=O) groups excluding carboxylic acids is 2. The second-order valence-electron chi connectivity index (χ2n) is 5.57. The van der Waals surface area contributed by atoms with Gasteiger partial charge in [-0.1, -0.05) is 45.2 Å². The molecule has 10 heteroatoms. The van der Waals surface area contributed by atoms with Gasteiger partial charge in [-0.25, -0.2) is 5.43 Å². The van der Waals surface area contributed by atoms with Crippen LogP contribution in [0.25, 0.3) is 0 Å². The molecule has 6 nitrogen and oxygen atoms in total. The predicted octanol–water partition coefficient (Wildman–Crippen LogP) is 5.42. The van der Waals surface area contributed by atoms with Crippen LogP contribution in [-0.2, 0) is 9.59 Å². The van der Waals surface area contributed by atoms with E-state index in [0.29, 0.717) is 26.6 Å². The lowest BCUT2D eigenvalue weighted by Gasteiger charge is -2.09. The molecule has 0 saturated carbocycles. The van der Waals surface area contributed by atoms with Gasteiger partial charge >= 0.3 is 0 Å².